The number of likely N-dealkylation sites (tertiary alicyclic amines) is 1. The number of hydrogen-bond donors (Lipinski definition) is 1. The number of nitrogens with zero attached hydrogens (tertiary/aromatic N) is 1. The summed E-state index contributed by atoms with van der Waals surface area (Å²) in [6.45, 7) is 3.36. The van der Waals surface area contributed by atoms with Crippen molar-refractivity contribution in [3.05, 3.63) is 29.3 Å². The first kappa shape index (κ1) is 29.4. The maximum absolute atomic E-state index is 13.9. The zero-order valence-electron chi connectivity index (χ0n) is 21.4. The number of halogens is 4. The summed E-state index contributed by atoms with van der Waals surface area (Å²) in [7, 11) is 0. The molecule has 1 aromatic carbocycles. The molecule has 1 aromatic rings. The van der Waals surface area contributed by atoms with Gasteiger partial charge in [0, 0.05) is 31.0 Å². The fourth-order valence-corrected chi connectivity index (χ4v) is 4.22. The van der Waals surface area contributed by atoms with E-state index in [0.717, 1.165) is 19.3 Å². The molecule has 0 aromatic heterocycles. The van der Waals surface area contributed by atoms with Crippen LogP contribution in [0.25, 0.3) is 0 Å². The minimum atomic E-state index is -1.82. The number of amides is 2. The molecule has 1 saturated heterocycles. The lowest BCUT2D eigenvalue weighted by atomic mass is 9.83. The van der Waals surface area contributed by atoms with Crippen molar-refractivity contribution in [3.8, 4) is 5.75 Å². The summed E-state index contributed by atoms with van der Waals surface area (Å²) in [4.78, 5) is 52.2. The SMILES string of the molecule is CC(C)COC(=O)C[C@H](NC(=O)C1CCN(C(=O)C2CCC2)CC1)C(=O)COc1c(F)c(F)cc(F)c1F. The minimum absolute atomic E-state index is 0.00180. The molecule has 1 aliphatic heterocycles. The highest BCUT2D eigenvalue weighted by atomic mass is 19.2. The van der Waals surface area contributed by atoms with Gasteiger partial charge in [0.2, 0.25) is 23.4 Å². The van der Waals surface area contributed by atoms with Crippen molar-refractivity contribution < 1.29 is 46.2 Å². The summed E-state index contributed by atoms with van der Waals surface area (Å²) in [5, 5.41) is 2.47. The van der Waals surface area contributed by atoms with E-state index in [0.29, 0.717) is 25.9 Å². The number of piperidine rings is 1. The molecule has 2 aliphatic rings. The number of hydrogen-bond acceptors (Lipinski definition) is 6. The average molecular weight is 545 g/mol. The predicted octanol–water partition coefficient (Wildman–Crippen LogP) is 3.30. The van der Waals surface area contributed by atoms with E-state index in [-0.39, 0.29) is 30.4 Å². The van der Waals surface area contributed by atoms with Crippen molar-refractivity contribution >= 4 is 23.6 Å². The van der Waals surface area contributed by atoms with Crippen molar-refractivity contribution in [3.63, 3.8) is 0 Å². The third kappa shape index (κ3) is 7.44. The van der Waals surface area contributed by atoms with Crippen LogP contribution in [-0.4, -0.2) is 60.8 Å². The molecule has 38 heavy (non-hydrogen) atoms. The van der Waals surface area contributed by atoms with E-state index >= 15 is 0 Å². The molecule has 2 fully saturated rings. The number of carbonyl (C=O) groups is 4. The quantitative estimate of drug-likeness (QED) is 0.261. The summed E-state index contributed by atoms with van der Waals surface area (Å²) in [6.07, 6.45) is 2.91. The third-order valence-electron chi connectivity index (χ3n) is 6.72. The van der Waals surface area contributed by atoms with Gasteiger partial charge in [0.1, 0.15) is 12.6 Å². The molecule has 0 unspecified atom stereocenters. The first-order valence-corrected chi connectivity index (χ1v) is 12.7. The zero-order chi connectivity index (χ0) is 28.0. The molecule has 0 spiro atoms. The molecule has 1 atom stereocenters. The van der Waals surface area contributed by atoms with Crippen LogP contribution in [0.5, 0.6) is 5.75 Å². The number of Topliss-reactive ketones (excluding diaryl/α,β-unsaturated/α-hetero) is 1. The number of ether oxygens (including phenoxy) is 2. The van der Waals surface area contributed by atoms with E-state index in [1.54, 1.807) is 18.7 Å². The van der Waals surface area contributed by atoms with Gasteiger partial charge in [0.25, 0.3) is 0 Å². The Balaban J connectivity index is 1.63. The van der Waals surface area contributed by atoms with Crippen molar-refractivity contribution in [2.75, 3.05) is 26.3 Å². The van der Waals surface area contributed by atoms with Gasteiger partial charge in [-0.3, -0.25) is 19.2 Å². The van der Waals surface area contributed by atoms with E-state index in [9.17, 15) is 36.7 Å². The topological polar surface area (TPSA) is 102 Å². The smallest absolute Gasteiger partial charge is 0.308 e. The summed E-state index contributed by atoms with van der Waals surface area (Å²) >= 11 is 0. The van der Waals surface area contributed by atoms with Gasteiger partial charge in [-0.05, 0) is 31.6 Å². The zero-order valence-corrected chi connectivity index (χ0v) is 21.4. The van der Waals surface area contributed by atoms with Crippen LogP contribution in [0.4, 0.5) is 17.6 Å². The Morgan fingerprint density at radius 2 is 1.58 bits per heavy atom. The third-order valence-corrected chi connectivity index (χ3v) is 6.72. The highest BCUT2D eigenvalue weighted by Gasteiger charge is 2.35. The fraction of sp³-hybridized carbons (Fsp3) is 0.615. The molecule has 1 aliphatic carbocycles. The summed E-state index contributed by atoms with van der Waals surface area (Å²) < 4.78 is 64.5. The van der Waals surface area contributed by atoms with E-state index in [1.165, 1.54) is 0 Å². The Labute approximate surface area is 218 Å². The molecule has 1 saturated carbocycles. The average Bonchev–Trinajstić information content (AvgIpc) is 2.84. The van der Waals surface area contributed by atoms with Crippen LogP contribution in [0.1, 0.15) is 52.4 Å². The second-order valence-corrected chi connectivity index (χ2v) is 10.1. The van der Waals surface area contributed by atoms with Crippen LogP contribution in [0.2, 0.25) is 0 Å². The normalized spacial score (nSPS) is 17.1. The van der Waals surface area contributed by atoms with Crippen LogP contribution >= 0.6 is 0 Å². The second-order valence-electron chi connectivity index (χ2n) is 10.1. The number of rotatable bonds is 11. The van der Waals surface area contributed by atoms with Crippen molar-refractivity contribution in [1.82, 2.24) is 10.2 Å². The van der Waals surface area contributed by atoms with Gasteiger partial charge >= 0.3 is 5.97 Å². The van der Waals surface area contributed by atoms with Crippen LogP contribution < -0.4 is 10.1 Å². The van der Waals surface area contributed by atoms with Gasteiger partial charge in [-0.1, -0.05) is 20.3 Å². The molecule has 0 radical (unpaired) electrons. The van der Waals surface area contributed by atoms with Crippen LogP contribution in [0.3, 0.4) is 0 Å². The lowest BCUT2D eigenvalue weighted by Gasteiger charge is -2.36. The fourth-order valence-electron chi connectivity index (χ4n) is 4.22. The maximum atomic E-state index is 13.9. The van der Waals surface area contributed by atoms with Gasteiger partial charge < -0.3 is 19.7 Å². The lowest BCUT2D eigenvalue weighted by molar-refractivity contribution is -0.147. The number of carbonyl (C=O) groups excluding carboxylic acids is 4. The number of benzene rings is 1. The molecule has 8 nitrogen and oxygen atoms in total. The van der Waals surface area contributed by atoms with Crippen LogP contribution in [0, 0.1) is 41.0 Å². The number of esters is 1. The van der Waals surface area contributed by atoms with Crippen molar-refractivity contribution in [2.24, 2.45) is 17.8 Å². The molecule has 2 amide bonds. The molecule has 3 rings (SSSR count). The van der Waals surface area contributed by atoms with Crippen LogP contribution in [-0.2, 0) is 23.9 Å². The summed E-state index contributed by atoms with van der Waals surface area (Å²) in [6, 6.07) is -1.47. The van der Waals surface area contributed by atoms with E-state index < -0.39 is 71.7 Å². The largest absolute Gasteiger partial charge is 0.479 e. The maximum Gasteiger partial charge on any atom is 0.308 e. The minimum Gasteiger partial charge on any atom is -0.479 e. The number of nitrogens with one attached hydrogen (secondary N) is 1. The predicted molar refractivity (Wildman–Crippen MR) is 126 cm³/mol. The van der Waals surface area contributed by atoms with Gasteiger partial charge in [0.05, 0.1) is 13.0 Å². The Bertz CT molecular complexity index is 1030. The van der Waals surface area contributed by atoms with Crippen molar-refractivity contribution in [1.29, 1.82) is 0 Å². The monoisotopic (exact) mass is 544 g/mol. The molecule has 1 N–H and O–H groups in total. The Kier molecular flexibility index (Phi) is 10.1. The Morgan fingerprint density at radius 3 is 2.11 bits per heavy atom. The molecule has 1 heterocycles. The summed E-state index contributed by atoms with van der Waals surface area (Å²) in [5.74, 6) is -11.2. The Morgan fingerprint density at radius 1 is 0.974 bits per heavy atom. The van der Waals surface area contributed by atoms with E-state index in [4.69, 9.17) is 9.47 Å². The lowest BCUT2D eigenvalue weighted by Crippen LogP contribution is -2.50. The second kappa shape index (κ2) is 13.1. The highest BCUT2D eigenvalue weighted by Crippen LogP contribution is 2.30. The summed E-state index contributed by atoms with van der Waals surface area (Å²) in [5.41, 5.74) is 0. The van der Waals surface area contributed by atoms with E-state index in [2.05, 4.69) is 5.32 Å². The molecule has 210 valence electrons. The molecule has 0 bridgehead atoms. The van der Waals surface area contributed by atoms with E-state index in [1.807, 2.05) is 0 Å². The van der Waals surface area contributed by atoms with Crippen molar-refractivity contribution in [2.45, 2.75) is 58.4 Å². The highest BCUT2D eigenvalue weighted by molar-refractivity contribution is 5.93. The molecule has 12 heteroatoms. The first-order chi connectivity index (χ1) is 18.0. The molecular formula is C26H32F4N2O6. The standard InChI is InChI=1S/C26H32F4N2O6/c1-14(2)12-37-21(34)11-19(20(33)13-38-24-22(29)17(27)10-18(28)23(24)30)31-25(35)15-6-8-32(9-7-15)26(36)16-4-3-5-16/h10,14-16,19H,3-9,11-13H2,1-2H3,(H,31,35)/t19-/m0/s1. The van der Waals surface area contributed by atoms with Gasteiger partial charge in [-0.25, -0.2) is 8.78 Å². The van der Waals surface area contributed by atoms with Gasteiger partial charge in [-0.2, -0.15) is 8.78 Å². The Hall–Kier alpha value is -3.18. The number of ketones is 1. The van der Waals surface area contributed by atoms with Gasteiger partial charge in [0.15, 0.2) is 23.2 Å². The molecular weight excluding hydrogens is 512 g/mol. The van der Waals surface area contributed by atoms with Crippen LogP contribution in [0.15, 0.2) is 6.07 Å². The first-order valence-electron chi connectivity index (χ1n) is 12.7. The van der Waals surface area contributed by atoms with Gasteiger partial charge in [-0.15, -0.1) is 0 Å².